The average molecular weight is 335 g/mol. The molecule has 134 valence electrons. The normalized spacial score (nSPS) is 17.9. The van der Waals surface area contributed by atoms with E-state index in [-0.39, 0.29) is 18.1 Å². The first-order chi connectivity index (χ1) is 11.6. The van der Waals surface area contributed by atoms with Crippen LogP contribution in [0.3, 0.4) is 0 Å². The van der Waals surface area contributed by atoms with Gasteiger partial charge in [0, 0.05) is 19.1 Å². The van der Waals surface area contributed by atoms with Crippen molar-refractivity contribution >= 4 is 6.03 Å². The Balaban J connectivity index is 2.42. The van der Waals surface area contributed by atoms with Crippen LogP contribution in [-0.2, 0) is 6.42 Å². The molecule has 0 aliphatic carbocycles. The lowest BCUT2D eigenvalue weighted by Crippen LogP contribution is -2.51. The van der Waals surface area contributed by atoms with E-state index in [9.17, 15) is 4.79 Å². The van der Waals surface area contributed by atoms with E-state index < -0.39 is 0 Å². The van der Waals surface area contributed by atoms with Crippen molar-refractivity contribution in [1.82, 2.24) is 10.2 Å². The van der Waals surface area contributed by atoms with Crippen molar-refractivity contribution in [2.24, 2.45) is 5.73 Å². The van der Waals surface area contributed by atoms with Gasteiger partial charge in [-0.05, 0) is 42.5 Å². The SMILES string of the molecule is CCCNC(=O)N1CCc2cc(OC)c(OC)cc2C1C(N)CC. The van der Waals surface area contributed by atoms with Crippen LogP contribution in [0.25, 0.3) is 0 Å². The number of benzene rings is 1. The van der Waals surface area contributed by atoms with E-state index in [0.29, 0.717) is 24.6 Å². The maximum Gasteiger partial charge on any atom is 0.317 e. The van der Waals surface area contributed by atoms with Crippen LogP contribution in [0.15, 0.2) is 12.1 Å². The predicted molar refractivity (Wildman–Crippen MR) is 94.7 cm³/mol. The molecule has 0 aromatic heterocycles. The van der Waals surface area contributed by atoms with Crippen LogP contribution in [0.5, 0.6) is 11.5 Å². The molecular weight excluding hydrogens is 306 g/mol. The van der Waals surface area contributed by atoms with E-state index in [2.05, 4.69) is 5.32 Å². The van der Waals surface area contributed by atoms with Crippen LogP contribution in [0, 0.1) is 0 Å². The Bertz CT molecular complexity index is 577. The van der Waals surface area contributed by atoms with Crippen LogP contribution in [0.1, 0.15) is 43.9 Å². The Morgan fingerprint density at radius 2 is 2.00 bits per heavy atom. The molecule has 2 atom stereocenters. The molecule has 0 bridgehead atoms. The second kappa shape index (κ2) is 8.24. The van der Waals surface area contributed by atoms with Crippen molar-refractivity contribution in [1.29, 1.82) is 0 Å². The molecule has 2 amide bonds. The summed E-state index contributed by atoms with van der Waals surface area (Å²) in [6.45, 7) is 5.40. The molecule has 6 heteroatoms. The van der Waals surface area contributed by atoms with E-state index in [1.165, 1.54) is 5.56 Å². The maximum absolute atomic E-state index is 12.6. The van der Waals surface area contributed by atoms with Crippen molar-refractivity contribution in [2.45, 2.75) is 45.2 Å². The van der Waals surface area contributed by atoms with Crippen LogP contribution in [0.4, 0.5) is 4.79 Å². The molecule has 1 aliphatic rings. The maximum atomic E-state index is 12.6. The Kier molecular flexibility index (Phi) is 6.31. The molecule has 0 fully saturated rings. The predicted octanol–water partition coefficient (Wildman–Crippen LogP) is 2.46. The summed E-state index contributed by atoms with van der Waals surface area (Å²) in [5.41, 5.74) is 8.61. The largest absolute Gasteiger partial charge is 0.493 e. The first kappa shape index (κ1) is 18.4. The Morgan fingerprint density at radius 1 is 1.33 bits per heavy atom. The van der Waals surface area contributed by atoms with Gasteiger partial charge in [-0.3, -0.25) is 0 Å². The molecule has 0 saturated heterocycles. The zero-order valence-electron chi connectivity index (χ0n) is 15.1. The Labute approximate surface area is 144 Å². The third-order valence-corrected chi connectivity index (χ3v) is 4.59. The molecule has 2 rings (SSSR count). The second-order valence-corrected chi connectivity index (χ2v) is 6.10. The van der Waals surface area contributed by atoms with Gasteiger partial charge < -0.3 is 25.4 Å². The number of nitrogens with zero attached hydrogens (tertiary/aromatic N) is 1. The van der Waals surface area contributed by atoms with Crippen LogP contribution in [-0.4, -0.2) is 44.3 Å². The number of fused-ring (bicyclic) bond motifs is 1. The first-order valence-electron chi connectivity index (χ1n) is 8.62. The van der Waals surface area contributed by atoms with Gasteiger partial charge in [-0.2, -0.15) is 0 Å². The fourth-order valence-electron chi connectivity index (χ4n) is 3.22. The topological polar surface area (TPSA) is 76.8 Å². The lowest BCUT2D eigenvalue weighted by molar-refractivity contribution is 0.156. The number of nitrogens with one attached hydrogen (secondary N) is 1. The number of hydrogen-bond acceptors (Lipinski definition) is 4. The average Bonchev–Trinajstić information content (AvgIpc) is 2.62. The van der Waals surface area contributed by atoms with Gasteiger partial charge in [0.2, 0.25) is 0 Å². The molecule has 0 spiro atoms. The molecule has 2 unspecified atom stereocenters. The molecule has 1 heterocycles. The summed E-state index contributed by atoms with van der Waals surface area (Å²) in [6, 6.07) is 3.63. The van der Waals surface area contributed by atoms with Crippen molar-refractivity contribution in [2.75, 3.05) is 27.3 Å². The third-order valence-electron chi connectivity index (χ3n) is 4.59. The highest BCUT2D eigenvalue weighted by molar-refractivity contribution is 5.75. The van der Waals surface area contributed by atoms with E-state index >= 15 is 0 Å². The second-order valence-electron chi connectivity index (χ2n) is 6.10. The van der Waals surface area contributed by atoms with Crippen molar-refractivity contribution in [3.05, 3.63) is 23.3 Å². The fourth-order valence-corrected chi connectivity index (χ4v) is 3.22. The summed E-state index contributed by atoms with van der Waals surface area (Å²) in [4.78, 5) is 14.4. The minimum Gasteiger partial charge on any atom is -0.493 e. The highest BCUT2D eigenvalue weighted by atomic mass is 16.5. The zero-order valence-corrected chi connectivity index (χ0v) is 15.1. The molecule has 3 N–H and O–H groups in total. The number of amides is 2. The van der Waals surface area contributed by atoms with Crippen LogP contribution >= 0.6 is 0 Å². The Morgan fingerprint density at radius 3 is 2.58 bits per heavy atom. The highest BCUT2D eigenvalue weighted by Gasteiger charge is 2.35. The number of ether oxygens (including phenoxy) is 2. The van der Waals surface area contributed by atoms with Crippen molar-refractivity contribution in [3.8, 4) is 11.5 Å². The first-order valence-corrected chi connectivity index (χ1v) is 8.62. The van der Waals surface area contributed by atoms with Gasteiger partial charge in [-0.1, -0.05) is 13.8 Å². The highest BCUT2D eigenvalue weighted by Crippen LogP contribution is 2.39. The quantitative estimate of drug-likeness (QED) is 0.837. The number of nitrogens with two attached hydrogens (primary N) is 1. The van der Waals surface area contributed by atoms with Crippen molar-refractivity contribution in [3.63, 3.8) is 0 Å². The lowest BCUT2D eigenvalue weighted by atomic mass is 9.87. The molecule has 1 aromatic rings. The summed E-state index contributed by atoms with van der Waals surface area (Å²) in [7, 11) is 3.25. The molecule has 24 heavy (non-hydrogen) atoms. The van der Waals surface area contributed by atoms with Gasteiger partial charge in [0.1, 0.15) is 0 Å². The molecular formula is C18H29N3O3. The molecule has 0 radical (unpaired) electrons. The number of carbonyl (C=O) groups excluding carboxylic acids is 1. The third kappa shape index (κ3) is 3.59. The van der Waals surface area contributed by atoms with E-state index in [1.807, 2.05) is 30.9 Å². The van der Waals surface area contributed by atoms with Gasteiger partial charge in [0.25, 0.3) is 0 Å². The van der Waals surface area contributed by atoms with E-state index in [4.69, 9.17) is 15.2 Å². The standard InChI is InChI=1S/C18H29N3O3/c1-5-8-20-18(22)21-9-7-12-10-15(23-3)16(24-4)11-13(12)17(21)14(19)6-2/h10-11,14,17H,5-9,19H2,1-4H3,(H,20,22). The van der Waals surface area contributed by atoms with Crippen LogP contribution in [0.2, 0.25) is 0 Å². The van der Waals surface area contributed by atoms with Gasteiger partial charge in [0.15, 0.2) is 11.5 Å². The monoisotopic (exact) mass is 335 g/mol. The van der Waals surface area contributed by atoms with Gasteiger partial charge >= 0.3 is 6.03 Å². The minimum atomic E-state index is -0.157. The Hall–Kier alpha value is -1.95. The summed E-state index contributed by atoms with van der Waals surface area (Å²) in [5.74, 6) is 1.38. The van der Waals surface area contributed by atoms with Gasteiger partial charge in [-0.15, -0.1) is 0 Å². The van der Waals surface area contributed by atoms with Gasteiger partial charge in [0.05, 0.1) is 20.3 Å². The van der Waals surface area contributed by atoms with E-state index in [1.54, 1.807) is 14.2 Å². The summed E-state index contributed by atoms with van der Waals surface area (Å²) in [5, 5.41) is 2.97. The molecule has 1 aliphatic heterocycles. The zero-order chi connectivity index (χ0) is 17.7. The smallest absolute Gasteiger partial charge is 0.317 e. The number of methoxy groups -OCH3 is 2. The minimum absolute atomic E-state index is 0.0498. The summed E-state index contributed by atoms with van der Waals surface area (Å²) in [6.07, 6.45) is 2.48. The number of hydrogen-bond donors (Lipinski definition) is 2. The summed E-state index contributed by atoms with van der Waals surface area (Å²) >= 11 is 0. The number of urea groups is 1. The molecule has 0 saturated carbocycles. The number of carbonyl (C=O) groups is 1. The van der Waals surface area contributed by atoms with Gasteiger partial charge in [-0.25, -0.2) is 4.79 Å². The number of rotatable bonds is 6. The lowest BCUT2D eigenvalue weighted by Gasteiger charge is -2.40. The molecule has 6 nitrogen and oxygen atoms in total. The summed E-state index contributed by atoms with van der Waals surface area (Å²) < 4.78 is 10.8. The van der Waals surface area contributed by atoms with Crippen molar-refractivity contribution < 1.29 is 14.3 Å². The van der Waals surface area contributed by atoms with E-state index in [0.717, 1.165) is 24.8 Å². The molecule has 1 aromatic carbocycles. The fraction of sp³-hybridized carbons (Fsp3) is 0.611. The van der Waals surface area contributed by atoms with Crippen LogP contribution < -0.4 is 20.5 Å².